The van der Waals surface area contributed by atoms with E-state index < -0.39 is 0 Å². The maximum Gasteiger partial charge on any atom is 0.0203 e. The molecule has 0 bridgehead atoms. The second kappa shape index (κ2) is 9.55. The SMILES string of the molecule is CCCCC[C@H]1CC[C@H](C#C[C@H]2CC[C@H](CC)CC2)CC1. The molecule has 0 aliphatic heterocycles. The summed E-state index contributed by atoms with van der Waals surface area (Å²) in [5.74, 6) is 10.8. The fraction of sp³-hybridized carbons (Fsp3) is 0.905. The first-order valence-corrected chi connectivity index (χ1v) is 9.82. The molecule has 0 heterocycles. The van der Waals surface area contributed by atoms with Gasteiger partial charge in [-0.1, -0.05) is 57.8 Å². The van der Waals surface area contributed by atoms with Gasteiger partial charge in [-0.25, -0.2) is 0 Å². The van der Waals surface area contributed by atoms with Gasteiger partial charge in [-0.3, -0.25) is 0 Å². The average molecular weight is 289 g/mol. The van der Waals surface area contributed by atoms with Crippen LogP contribution in [0.1, 0.15) is 97.3 Å². The molecule has 0 aromatic carbocycles. The Labute approximate surface area is 133 Å². The topological polar surface area (TPSA) is 0 Å². The summed E-state index contributed by atoms with van der Waals surface area (Å²) >= 11 is 0. The highest BCUT2D eigenvalue weighted by Gasteiger charge is 2.21. The zero-order chi connectivity index (χ0) is 14.9. The highest BCUT2D eigenvalue weighted by atomic mass is 14.3. The smallest absolute Gasteiger partial charge is 0.0203 e. The Balaban J connectivity index is 1.64. The number of hydrogen-bond acceptors (Lipinski definition) is 0. The molecular formula is C21H36. The minimum Gasteiger partial charge on any atom is -0.0996 e. The normalized spacial score (nSPS) is 33.2. The average Bonchev–Trinajstić information content (AvgIpc) is 2.55. The summed E-state index contributed by atoms with van der Waals surface area (Å²) in [6, 6.07) is 0. The molecule has 0 aromatic heterocycles. The van der Waals surface area contributed by atoms with Crippen LogP contribution in [0.2, 0.25) is 0 Å². The van der Waals surface area contributed by atoms with Gasteiger partial charge in [-0.05, 0) is 63.2 Å². The van der Waals surface area contributed by atoms with Crippen LogP contribution in [0.25, 0.3) is 0 Å². The van der Waals surface area contributed by atoms with E-state index >= 15 is 0 Å². The number of unbranched alkanes of at least 4 members (excludes halogenated alkanes) is 2. The van der Waals surface area contributed by atoms with E-state index in [9.17, 15) is 0 Å². The van der Waals surface area contributed by atoms with Gasteiger partial charge in [0.2, 0.25) is 0 Å². The van der Waals surface area contributed by atoms with Crippen molar-refractivity contribution in [2.24, 2.45) is 23.7 Å². The maximum atomic E-state index is 3.66. The molecule has 120 valence electrons. The van der Waals surface area contributed by atoms with Crippen molar-refractivity contribution in [2.75, 3.05) is 0 Å². The molecule has 0 radical (unpaired) electrons. The predicted molar refractivity (Wildman–Crippen MR) is 93.1 cm³/mol. The molecule has 0 unspecified atom stereocenters. The quantitative estimate of drug-likeness (QED) is 0.395. The van der Waals surface area contributed by atoms with E-state index in [0.29, 0.717) is 0 Å². The first-order valence-electron chi connectivity index (χ1n) is 9.82. The Bertz CT molecular complexity index is 316. The molecule has 2 aliphatic carbocycles. The fourth-order valence-electron chi connectivity index (χ4n) is 4.23. The van der Waals surface area contributed by atoms with Crippen LogP contribution in [0.5, 0.6) is 0 Å². The predicted octanol–water partition coefficient (Wildman–Crippen LogP) is 6.59. The second-order valence-corrected chi connectivity index (χ2v) is 7.63. The standard InChI is InChI=1S/C21H36/c1-3-5-6-7-19-12-14-21(15-13-19)17-16-20-10-8-18(4-2)9-11-20/h18-21H,3-15H2,1-2H3/t18-,19-,20-,21-. The third-order valence-corrected chi connectivity index (χ3v) is 5.98. The Morgan fingerprint density at radius 1 is 0.667 bits per heavy atom. The lowest BCUT2D eigenvalue weighted by Crippen LogP contribution is -2.15. The molecule has 21 heavy (non-hydrogen) atoms. The van der Waals surface area contributed by atoms with Crippen molar-refractivity contribution >= 4 is 0 Å². The van der Waals surface area contributed by atoms with Crippen LogP contribution < -0.4 is 0 Å². The third kappa shape index (κ3) is 6.06. The van der Waals surface area contributed by atoms with Crippen LogP contribution in [0, 0.1) is 35.5 Å². The summed E-state index contributed by atoms with van der Waals surface area (Å²) in [5, 5.41) is 0. The summed E-state index contributed by atoms with van der Waals surface area (Å²) in [6.45, 7) is 4.65. The molecule has 2 aliphatic rings. The maximum absolute atomic E-state index is 3.66. The molecule has 0 spiro atoms. The van der Waals surface area contributed by atoms with Crippen LogP contribution >= 0.6 is 0 Å². The summed E-state index contributed by atoms with van der Waals surface area (Å²) in [4.78, 5) is 0. The number of hydrogen-bond donors (Lipinski definition) is 0. The van der Waals surface area contributed by atoms with Gasteiger partial charge in [-0.2, -0.15) is 0 Å². The van der Waals surface area contributed by atoms with E-state index in [1.807, 2.05) is 0 Å². The fourth-order valence-corrected chi connectivity index (χ4v) is 4.23. The van der Waals surface area contributed by atoms with Gasteiger partial charge in [0.25, 0.3) is 0 Å². The van der Waals surface area contributed by atoms with Crippen LogP contribution in [0.4, 0.5) is 0 Å². The molecule has 2 saturated carbocycles. The minimum atomic E-state index is 0.732. The molecule has 2 fully saturated rings. The lowest BCUT2D eigenvalue weighted by atomic mass is 9.78. The van der Waals surface area contributed by atoms with E-state index in [-0.39, 0.29) is 0 Å². The van der Waals surface area contributed by atoms with Gasteiger partial charge in [-0.15, -0.1) is 0 Å². The zero-order valence-electron chi connectivity index (χ0n) is 14.5. The van der Waals surface area contributed by atoms with Crippen LogP contribution in [-0.2, 0) is 0 Å². The summed E-state index contributed by atoms with van der Waals surface area (Å²) in [7, 11) is 0. The number of rotatable bonds is 5. The summed E-state index contributed by atoms with van der Waals surface area (Å²) < 4.78 is 0. The lowest BCUT2D eigenvalue weighted by molar-refractivity contribution is 0.292. The molecule has 2 rings (SSSR count). The van der Waals surface area contributed by atoms with Gasteiger partial charge in [0.05, 0.1) is 0 Å². The van der Waals surface area contributed by atoms with E-state index in [0.717, 1.165) is 23.7 Å². The van der Waals surface area contributed by atoms with Crippen molar-refractivity contribution < 1.29 is 0 Å². The van der Waals surface area contributed by atoms with Crippen molar-refractivity contribution in [3.63, 3.8) is 0 Å². The minimum absolute atomic E-state index is 0.732. The van der Waals surface area contributed by atoms with E-state index in [2.05, 4.69) is 25.7 Å². The largest absolute Gasteiger partial charge is 0.0996 e. The van der Waals surface area contributed by atoms with Crippen molar-refractivity contribution in [1.82, 2.24) is 0 Å². The first kappa shape index (κ1) is 16.9. The van der Waals surface area contributed by atoms with Crippen LogP contribution in [-0.4, -0.2) is 0 Å². The third-order valence-electron chi connectivity index (χ3n) is 5.98. The summed E-state index contributed by atoms with van der Waals surface area (Å²) in [5.41, 5.74) is 0. The van der Waals surface area contributed by atoms with Crippen LogP contribution in [0.3, 0.4) is 0 Å². The molecule has 0 N–H and O–H groups in total. The van der Waals surface area contributed by atoms with E-state index in [1.165, 1.54) is 83.5 Å². The van der Waals surface area contributed by atoms with Gasteiger partial charge < -0.3 is 0 Å². The Hall–Kier alpha value is -0.440. The molecular weight excluding hydrogens is 252 g/mol. The monoisotopic (exact) mass is 288 g/mol. The highest BCUT2D eigenvalue weighted by Crippen LogP contribution is 2.33. The Morgan fingerprint density at radius 3 is 1.67 bits per heavy atom. The second-order valence-electron chi connectivity index (χ2n) is 7.63. The van der Waals surface area contributed by atoms with Crippen molar-refractivity contribution in [1.29, 1.82) is 0 Å². The van der Waals surface area contributed by atoms with Crippen LogP contribution in [0.15, 0.2) is 0 Å². The first-order chi connectivity index (χ1) is 10.3. The molecule has 0 atom stereocenters. The molecule has 0 aromatic rings. The van der Waals surface area contributed by atoms with Gasteiger partial charge in [0.1, 0.15) is 0 Å². The van der Waals surface area contributed by atoms with E-state index in [4.69, 9.17) is 0 Å². The Morgan fingerprint density at radius 2 is 1.19 bits per heavy atom. The summed E-state index contributed by atoms with van der Waals surface area (Å²) in [6.07, 6.45) is 18.4. The highest BCUT2D eigenvalue weighted by molar-refractivity contribution is 5.09. The zero-order valence-corrected chi connectivity index (χ0v) is 14.5. The molecule has 0 amide bonds. The molecule has 0 heteroatoms. The van der Waals surface area contributed by atoms with Crippen molar-refractivity contribution in [3.05, 3.63) is 0 Å². The van der Waals surface area contributed by atoms with Crippen molar-refractivity contribution in [3.8, 4) is 11.8 Å². The van der Waals surface area contributed by atoms with Gasteiger partial charge in [0, 0.05) is 11.8 Å². The van der Waals surface area contributed by atoms with Gasteiger partial charge in [0.15, 0.2) is 0 Å². The molecule has 0 nitrogen and oxygen atoms in total. The van der Waals surface area contributed by atoms with Gasteiger partial charge >= 0.3 is 0 Å². The Kier molecular flexibility index (Phi) is 7.70. The van der Waals surface area contributed by atoms with Crippen molar-refractivity contribution in [2.45, 2.75) is 97.3 Å². The van der Waals surface area contributed by atoms with E-state index in [1.54, 1.807) is 0 Å². The lowest BCUT2D eigenvalue weighted by Gasteiger charge is -2.26. The molecule has 0 saturated heterocycles.